The molecule has 0 aliphatic heterocycles. The maximum atomic E-state index is 15.1. The first kappa shape index (κ1) is 26.9. The van der Waals surface area contributed by atoms with E-state index in [1.165, 1.54) is 43.5 Å². The average molecular weight is 580 g/mol. The van der Waals surface area contributed by atoms with Gasteiger partial charge < -0.3 is 11.1 Å². The molecule has 2 aliphatic carbocycles. The molecule has 4 aromatic rings. The zero-order valence-corrected chi connectivity index (χ0v) is 23.6. The minimum Gasteiger partial charge on any atom is -0.350 e. The molecule has 7 nitrogen and oxygen atoms in total. The van der Waals surface area contributed by atoms with Gasteiger partial charge in [-0.15, -0.1) is 0 Å². The first-order valence-corrected chi connectivity index (χ1v) is 15.5. The number of nitrogens with two attached hydrogens (primary N) is 1. The zero-order valence-electron chi connectivity index (χ0n) is 22.1. The van der Waals surface area contributed by atoms with E-state index in [1.54, 1.807) is 24.4 Å². The summed E-state index contributed by atoms with van der Waals surface area (Å²) >= 11 is 6.04. The Kier molecular flexibility index (Phi) is 7.14. The second-order valence-electron chi connectivity index (χ2n) is 10.8. The average Bonchev–Trinajstić information content (AvgIpc) is 3.52. The number of fused-ring (bicyclic) bond motifs is 2. The molecule has 0 spiro atoms. The lowest BCUT2D eigenvalue weighted by Gasteiger charge is -2.21. The lowest BCUT2D eigenvalue weighted by molar-refractivity contribution is 0.418. The first-order chi connectivity index (χ1) is 19.2. The molecule has 2 aliphatic rings. The number of aromatic nitrogens is 2. The van der Waals surface area contributed by atoms with Gasteiger partial charge >= 0.3 is 0 Å². The molecule has 0 radical (unpaired) electrons. The van der Waals surface area contributed by atoms with Crippen LogP contribution < -0.4 is 15.8 Å². The predicted molar refractivity (Wildman–Crippen MR) is 157 cm³/mol. The van der Waals surface area contributed by atoms with Crippen molar-refractivity contribution in [1.29, 1.82) is 0 Å². The number of hydrogen-bond donors (Lipinski definition) is 3. The van der Waals surface area contributed by atoms with E-state index in [1.807, 2.05) is 12.1 Å². The lowest BCUT2D eigenvalue weighted by Crippen LogP contribution is -2.39. The highest BCUT2D eigenvalue weighted by Crippen LogP contribution is 2.44. The van der Waals surface area contributed by atoms with Crippen LogP contribution in [0.1, 0.15) is 38.2 Å². The molecule has 4 N–H and O–H groups in total. The maximum Gasteiger partial charge on any atom is 0.263 e. The van der Waals surface area contributed by atoms with E-state index in [4.69, 9.17) is 22.3 Å². The smallest absolute Gasteiger partial charge is 0.263 e. The van der Waals surface area contributed by atoms with Gasteiger partial charge in [-0.2, -0.15) is 0 Å². The third-order valence-electron chi connectivity index (χ3n) is 8.36. The van der Waals surface area contributed by atoms with Crippen LogP contribution in [0.15, 0.2) is 65.7 Å². The van der Waals surface area contributed by atoms with Crippen molar-refractivity contribution >= 4 is 44.2 Å². The molecule has 10 heteroatoms. The summed E-state index contributed by atoms with van der Waals surface area (Å²) < 4.78 is 43.0. The summed E-state index contributed by atoms with van der Waals surface area (Å²) in [4.78, 5) is 9.30. The van der Waals surface area contributed by atoms with Crippen molar-refractivity contribution in [3.05, 3.63) is 77.2 Å². The Morgan fingerprint density at radius 3 is 2.67 bits per heavy atom. The highest BCUT2D eigenvalue weighted by atomic mass is 35.5. The molecule has 4 atom stereocenters. The Labute approximate surface area is 238 Å². The minimum absolute atomic E-state index is 0.0597. The molecule has 2 fully saturated rings. The summed E-state index contributed by atoms with van der Waals surface area (Å²) in [7, 11) is -4.06. The van der Waals surface area contributed by atoms with E-state index in [2.05, 4.69) is 21.9 Å². The van der Waals surface area contributed by atoms with Crippen LogP contribution in [0.25, 0.3) is 22.0 Å². The summed E-state index contributed by atoms with van der Waals surface area (Å²) in [5.41, 5.74) is 9.66. The molecule has 2 saturated carbocycles. The fourth-order valence-electron chi connectivity index (χ4n) is 6.33. The van der Waals surface area contributed by atoms with Gasteiger partial charge in [0, 0.05) is 23.7 Å². The van der Waals surface area contributed by atoms with Gasteiger partial charge in [0.25, 0.3) is 10.0 Å². The highest BCUT2D eigenvalue weighted by Gasteiger charge is 2.43. The molecular weight excluding hydrogens is 549 g/mol. The second kappa shape index (κ2) is 10.6. The minimum atomic E-state index is -4.06. The van der Waals surface area contributed by atoms with Gasteiger partial charge in [0.2, 0.25) is 5.95 Å². The van der Waals surface area contributed by atoms with Gasteiger partial charge in [-0.3, -0.25) is 4.72 Å². The van der Waals surface area contributed by atoms with Crippen molar-refractivity contribution in [2.24, 2.45) is 17.6 Å². The third-order valence-corrected chi connectivity index (χ3v) is 10.2. The number of rotatable bonds is 7. The molecule has 0 saturated heterocycles. The summed E-state index contributed by atoms with van der Waals surface area (Å²) in [5, 5.41) is 4.40. The molecule has 208 valence electrons. The molecule has 0 amide bonds. The van der Waals surface area contributed by atoms with Crippen molar-refractivity contribution < 1.29 is 12.8 Å². The molecule has 0 bridgehead atoms. The van der Waals surface area contributed by atoms with Crippen molar-refractivity contribution in [2.75, 3.05) is 10.0 Å². The van der Waals surface area contributed by atoms with Gasteiger partial charge in [-0.1, -0.05) is 49.6 Å². The number of anilines is 2. The van der Waals surface area contributed by atoms with Crippen LogP contribution in [-0.4, -0.2) is 30.5 Å². The molecule has 6 rings (SSSR count). The molecule has 1 aromatic heterocycles. The summed E-state index contributed by atoms with van der Waals surface area (Å²) in [5.74, 6) is 1.17. The van der Waals surface area contributed by atoms with E-state index in [9.17, 15) is 8.42 Å². The monoisotopic (exact) mass is 579 g/mol. The second-order valence-corrected chi connectivity index (χ2v) is 12.8. The number of halogens is 2. The highest BCUT2D eigenvalue weighted by molar-refractivity contribution is 7.92. The Hall–Kier alpha value is -3.27. The number of benzene rings is 3. The zero-order chi connectivity index (χ0) is 28.0. The van der Waals surface area contributed by atoms with Crippen LogP contribution in [0, 0.1) is 17.7 Å². The van der Waals surface area contributed by atoms with Crippen LogP contribution in [0.4, 0.5) is 16.0 Å². The van der Waals surface area contributed by atoms with Crippen molar-refractivity contribution in [2.45, 2.75) is 56.0 Å². The maximum absolute atomic E-state index is 15.1. The van der Waals surface area contributed by atoms with Gasteiger partial charge in [-0.25, -0.2) is 22.8 Å². The van der Waals surface area contributed by atoms with E-state index in [0.717, 1.165) is 34.9 Å². The largest absolute Gasteiger partial charge is 0.350 e. The van der Waals surface area contributed by atoms with Gasteiger partial charge in [0.1, 0.15) is 10.7 Å². The van der Waals surface area contributed by atoms with E-state index >= 15 is 4.39 Å². The van der Waals surface area contributed by atoms with Crippen molar-refractivity contribution in [1.82, 2.24) is 9.97 Å². The topological polar surface area (TPSA) is 110 Å². The number of nitrogens with zero attached hydrogens (tertiary/aromatic N) is 2. The van der Waals surface area contributed by atoms with Gasteiger partial charge in [-0.05, 0) is 84.2 Å². The van der Waals surface area contributed by atoms with E-state index in [-0.39, 0.29) is 27.7 Å². The number of hydrogen-bond acceptors (Lipinski definition) is 6. The van der Waals surface area contributed by atoms with E-state index < -0.39 is 15.8 Å². The fourth-order valence-corrected chi connectivity index (χ4v) is 7.92. The van der Waals surface area contributed by atoms with Crippen LogP contribution in [0.2, 0.25) is 5.02 Å². The lowest BCUT2D eigenvalue weighted by atomic mass is 9.98. The van der Waals surface area contributed by atoms with Crippen molar-refractivity contribution in [3.63, 3.8) is 0 Å². The Balaban J connectivity index is 1.26. The molecular formula is C30H31ClFN5O2S. The van der Waals surface area contributed by atoms with Crippen LogP contribution in [0.5, 0.6) is 0 Å². The molecule has 1 heterocycles. The Morgan fingerprint density at radius 2 is 1.93 bits per heavy atom. The normalized spacial score (nSPS) is 22.4. The summed E-state index contributed by atoms with van der Waals surface area (Å²) in [6.45, 7) is 2.05. The van der Waals surface area contributed by atoms with Crippen LogP contribution in [0.3, 0.4) is 0 Å². The molecule has 40 heavy (non-hydrogen) atoms. The number of nitrogens with one attached hydrogen (secondary N) is 2. The predicted octanol–water partition coefficient (Wildman–Crippen LogP) is 6.38. The first-order valence-electron chi connectivity index (χ1n) is 13.6. The quantitative estimate of drug-likeness (QED) is 0.234. The van der Waals surface area contributed by atoms with Crippen LogP contribution >= 0.6 is 11.6 Å². The third kappa shape index (κ3) is 5.02. The van der Waals surface area contributed by atoms with Gasteiger partial charge in [0.05, 0.1) is 16.2 Å². The number of sulfonamides is 1. The Morgan fingerprint density at radius 1 is 1.10 bits per heavy atom. The fraction of sp³-hybridized carbons (Fsp3) is 0.333. The SMILES string of the molecule is CCc1cc(-c2ccc(NS(=O)(=O)c3ccccc3Cl)c(F)c2)cc2cnc(N[C@@H]3CC4CCCC4C3N)nc12. The van der Waals surface area contributed by atoms with Gasteiger partial charge in [0.15, 0.2) is 0 Å². The van der Waals surface area contributed by atoms with Crippen LogP contribution in [-0.2, 0) is 16.4 Å². The Bertz CT molecular complexity index is 1700. The summed E-state index contributed by atoms with van der Waals surface area (Å²) in [6.07, 6.45) is 7.31. The molecule has 3 unspecified atom stereocenters. The number of aryl methyl sites for hydroxylation is 1. The molecule has 3 aromatic carbocycles. The van der Waals surface area contributed by atoms with E-state index in [0.29, 0.717) is 23.3 Å². The standard InChI is InChI=1S/C30H31ClFN5O2S/c1-2-17-12-20(18-10-11-25(24(32)14-18)37-40(38,39)27-9-4-3-8-23(27)31)13-21-16-34-30(36-29(17)21)35-26-15-19-6-5-7-22(19)28(26)33/h3-4,8-14,16,19,22,26,28,37H,2,5-7,15,33H2,1H3,(H,34,35,36)/t19?,22?,26-,28?/m1/s1. The van der Waals surface area contributed by atoms with Crippen molar-refractivity contribution in [3.8, 4) is 11.1 Å². The summed E-state index contributed by atoms with van der Waals surface area (Å²) in [6, 6.07) is 14.7.